The van der Waals surface area contributed by atoms with Gasteiger partial charge in [0.1, 0.15) is 0 Å². The van der Waals surface area contributed by atoms with Crippen LogP contribution in [0.4, 0.5) is 5.69 Å². The Morgan fingerprint density at radius 2 is 1.93 bits per heavy atom. The zero-order valence-electron chi connectivity index (χ0n) is 15.9. The Morgan fingerprint density at radius 1 is 1.14 bits per heavy atom. The first-order valence-electron chi connectivity index (χ1n) is 9.64. The van der Waals surface area contributed by atoms with Gasteiger partial charge in [-0.05, 0) is 42.7 Å². The third-order valence-electron chi connectivity index (χ3n) is 5.22. The molecular weight excluding hydrogens is 350 g/mol. The van der Waals surface area contributed by atoms with E-state index in [1.54, 1.807) is 6.20 Å². The Balaban J connectivity index is 1.42. The van der Waals surface area contributed by atoms with Crippen LogP contribution in [0.15, 0.2) is 60.8 Å². The first kappa shape index (κ1) is 18.2. The zero-order chi connectivity index (χ0) is 19.5. The molecule has 4 rings (SSSR count). The van der Waals surface area contributed by atoms with Gasteiger partial charge in [0.05, 0.1) is 18.0 Å². The molecule has 3 aromatic rings. The number of amides is 2. The van der Waals surface area contributed by atoms with Gasteiger partial charge in [0.15, 0.2) is 0 Å². The van der Waals surface area contributed by atoms with Crippen LogP contribution >= 0.6 is 0 Å². The summed E-state index contributed by atoms with van der Waals surface area (Å²) < 4.78 is 0. The molecule has 2 heterocycles. The number of hydrogen-bond acceptors (Lipinski definition) is 3. The largest absolute Gasteiger partial charge is 0.349 e. The zero-order valence-corrected chi connectivity index (χ0v) is 15.9. The number of aromatic nitrogens is 1. The van der Waals surface area contributed by atoms with Crippen LogP contribution in [0.1, 0.15) is 36.9 Å². The molecule has 1 saturated heterocycles. The highest BCUT2D eigenvalue weighted by molar-refractivity contribution is 5.95. The van der Waals surface area contributed by atoms with Crippen molar-refractivity contribution in [1.29, 1.82) is 0 Å². The first-order valence-corrected chi connectivity index (χ1v) is 9.64. The van der Waals surface area contributed by atoms with Crippen molar-refractivity contribution in [3.8, 4) is 0 Å². The number of fused-ring (bicyclic) bond motifs is 1. The van der Waals surface area contributed by atoms with Crippen molar-refractivity contribution in [3.63, 3.8) is 0 Å². The summed E-state index contributed by atoms with van der Waals surface area (Å²) in [5.41, 5.74) is 3.73. The number of nitrogens with one attached hydrogen (secondary N) is 1. The SMILES string of the molecule is CC(NC(=O)Cc1cccc2cccnc12)c1ccc(N2CCCC2=O)cc1. The minimum absolute atomic E-state index is 0.0375. The summed E-state index contributed by atoms with van der Waals surface area (Å²) in [5, 5.41) is 4.09. The van der Waals surface area contributed by atoms with E-state index < -0.39 is 0 Å². The minimum atomic E-state index is -0.112. The fourth-order valence-electron chi connectivity index (χ4n) is 3.72. The summed E-state index contributed by atoms with van der Waals surface area (Å²) in [4.78, 5) is 30.7. The Hall–Kier alpha value is -3.21. The van der Waals surface area contributed by atoms with Gasteiger partial charge in [-0.2, -0.15) is 0 Å². The van der Waals surface area contributed by atoms with Gasteiger partial charge < -0.3 is 10.2 Å². The maximum atomic E-state index is 12.6. The molecule has 1 N–H and O–H groups in total. The summed E-state index contributed by atoms with van der Waals surface area (Å²) in [6.07, 6.45) is 3.57. The second-order valence-corrected chi connectivity index (χ2v) is 7.20. The fourth-order valence-corrected chi connectivity index (χ4v) is 3.72. The number of para-hydroxylation sites is 1. The van der Waals surface area contributed by atoms with Crippen molar-refractivity contribution in [2.45, 2.75) is 32.2 Å². The van der Waals surface area contributed by atoms with E-state index in [1.165, 1.54) is 0 Å². The third kappa shape index (κ3) is 3.74. The smallest absolute Gasteiger partial charge is 0.227 e. The van der Waals surface area contributed by atoms with E-state index >= 15 is 0 Å². The van der Waals surface area contributed by atoms with Gasteiger partial charge in [-0.15, -0.1) is 0 Å². The topological polar surface area (TPSA) is 62.3 Å². The normalized spacial score (nSPS) is 15.0. The fraction of sp³-hybridized carbons (Fsp3) is 0.261. The van der Waals surface area contributed by atoms with Crippen molar-refractivity contribution < 1.29 is 9.59 Å². The summed E-state index contributed by atoms with van der Waals surface area (Å²) in [6, 6.07) is 17.5. The molecule has 1 aliphatic rings. The standard InChI is InChI=1S/C23H23N3O2/c1-16(17-9-11-20(12-10-17)26-14-4-8-22(26)28)25-21(27)15-19-6-2-5-18-7-3-13-24-23(18)19/h2-3,5-7,9-13,16H,4,8,14-15H2,1H3,(H,25,27). The molecule has 0 aliphatic carbocycles. The average Bonchev–Trinajstić information content (AvgIpc) is 3.14. The van der Waals surface area contributed by atoms with Crippen LogP contribution in [-0.4, -0.2) is 23.3 Å². The van der Waals surface area contributed by atoms with Crippen LogP contribution < -0.4 is 10.2 Å². The lowest BCUT2D eigenvalue weighted by Crippen LogP contribution is -2.28. The predicted molar refractivity (Wildman–Crippen MR) is 110 cm³/mol. The quantitative estimate of drug-likeness (QED) is 0.740. The van der Waals surface area contributed by atoms with E-state index in [0.717, 1.165) is 40.7 Å². The first-order chi connectivity index (χ1) is 13.6. The Morgan fingerprint density at radius 3 is 2.68 bits per heavy atom. The molecule has 1 atom stereocenters. The molecule has 5 heteroatoms. The van der Waals surface area contributed by atoms with Crippen molar-refractivity contribution in [2.75, 3.05) is 11.4 Å². The van der Waals surface area contributed by atoms with Crippen molar-refractivity contribution in [1.82, 2.24) is 10.3 Å². The number of rotatable bonds is 5. The van der Waals surface area contributed by atoms with Crippen LogP contribution in [0.3, 0.4) is 0 Å². The van der Waals surface area contributed by atoms with Crippen molar-refractivity contribution in [3.05, 3.63) is 71.9 Å². The minimum Gasteiger partial charge on any atom is -0.349 e. The van der Waals surface area contributed by atoms with Crippen LogP contribution in [-0.2, 0) is 16.0 Å². The number of anilines is 1. The third-order valence-corrected chi connectivity index (χ3v) is 5.22. The van der Waals surface area contributed by atoms with E-state index in [-0.39, 0.29) is 17.9 Å². The predicted octanol–water partition coefficient (Wildman–Crippen LogP) is 3.78. The number of pyridine rings is 1. The molecule has 1 aliphatic heterocycles. The highest BCUT2D eigenvalue weighted by Crippen LogP contribution is 2.24. The molecule has 142 valence electrons. The lowest BCUT2D eigenvalue weighted by Gasteiger charge is -2.18. The molecule has 28 heavy (non-hydrogen) atoms. The summed E-state index contributed by atoms with van der Waals surface area (Å²) in [5.74, 6) is 0.141. The molecule has 2 aromatic carbocycles. The Labute approximate surface area is 164 Å². The number of benzene rings is 2. The molecule has 5 nitrogen and oxygen atoms in total. The van der Waals surface area contributed by atoms with Crippen LogP contribution in [0, 0.1) is 0 Å². The van der Waals surface area contributed by atoms with E-state index in [9.17, 15) is 9.59 Å². The van der Waals surface area contributed by atoms with Gasteiger partial charge in [0.25, 0.3) is 0 Å². The monoisotopic (exact) mass is 373 g/mol. The lowest BCUT2D eigenvalue weighted by molar-refractivity contribution is -0.121. The van der Waals surface area contributed by atoms with Gasteiger partial charge in [-0.3, -0.25) is 14.6 Å². The highest BCUT2D eigenvalue weighted by atomic mass is 16.2. The molecule has 1 fully saturated rings. The van der Waals surface area contributed by atoms with E-state index in [1.807, 2.05) is 66.4 Å². The van der Waals surface area contributed by atoms with Gasteiger partial charge in [-0.25, -0.2) is 0 Å². The molecule has 0 radical (unpaired) electrons. The van der Waals surface area contributed by atoms with Crippen LogP contribution in [0.25, 0.3) is 10.9 Å². The lowest BCUT2D eigenvalue weighted by atomic mass is 10.0. The van der Waals surface area contributed by atoms with E-state index in [4.69, 9.17) is 0 Å². The average molecular weight is 373 g/mol. The second-order valence-electron chi connectivity index (χ2n) is 7.20. The Bertz CT molecular complexity index is 1010. The van der Waals surface area contributed by atoms with Gasteiger partial charge in [-0.1, -0.05) is 36.4 Å². The molecular formula is C23H23N3O2. The van der Waals surface area contributed by atoms with Crippen LogP contribution in [0.5, 0.6) is 0 Å². The van der Waals surface area contributed by atoms with Crippen molar-refractivity contribution in [2.24, 2.45) is 0 Å². The second kappa shape index (κ2) is 7.80. The summed E-state index contributed by atoms with van der Waals surface area (Å²) in [7, 11) is 0. The van der Waals surface area contributed by atoms with Crippen LogP contribution in [0.2, 0.25) is 0 Å². The highest BCUT2D eigenvalue weighted by Gasteiger charge is 2.21. The molecule has 1 unspecified atom stereocenters. The summed E-state index contributed by atoms with van der Waals surface area (Å²) >= 11 is 0. The van der Waals surface area contributed by atoms with E-state index in [2.05, 4.69) is 10.3 Å². The van der Waals surface area contributed by atoms with Crippen molar-refractivity contribution >= 4 is 28.4 Å². The molecule has 0 bridgehead atoms. The van der Waals surface area contributed by atoms with Gasteiger partial charge in [0, 0.05) is 30.2 Å². The maximum Gasteiger partial charge on any atom is 0.227 e. The molecule has 0 saturated carbocycles. The maximum absolute atomic E-state index is 12.6. The number of nitrogens with zero attached hydrogens (tertiary/aromatic N) is 2. The molecule has 2 amide bonds. The van der Waals surface area contributed by atoms with E-state index in [0.29, 0.717) is 12.8 Å². The molecule has 0 spiro atoms. The number of carbonyl (C=O) groups is 2. The number of carbonyl (C=O) groups excluding carboxylic acids is 2. The van der Waals surface area contributed by atoms with Gasteiger partial charge >= 0.3 is 0 Å². The Kier molecular flexibility index (Phi) is 5.06. The molecule has 1 aromatic heterocycles. The number of hydrogen-bond donors (Lipinski definition) is 1. The van der Waals surface area contributed by atoms with Gasteiger partial charge in [0.2, 0.25) is 11.8 Å². The summed E-state index contributed by atoms with van der Waals surface area (Å²) in [6.45, 7) is 2.75.